The monoisotopic (exact) mass is 547 g/mol. The summed E-state index contributed by atoms with van der Waals surface area (Å²) >= 11 is 0. The molecule has 1 fully saturated rings. The van der Waals surface area contributed by atoms with E-state index in [1.54, 1.807) is 6.20 Å². The van der Waals surface area contributed by atoms with Gasteiger partial charge in [0.1, 0.15) is 6.29 Å². The van der Waals surface area contributed by atoms with Gasteiger partial charge in [0.05, 0.1) is 37.0 Å². The summed E-state index contributed by atoms with van der Waals surface area (Å²) in [5, 5.41) is 26.9. The lowest BCUT2D eigenvalue weighted by atomic mass is 10.0. The number of likely N-dealkylation sites (N-methyl/N-ethyl adjacent to an activating group) is 2. The van der Waals surface area contributed by atoms with Gasteiger partial charge in [-0.15, -0.1) is 0 Å². The maximum Gasteiger partial charge on any atom is 0.238 e. The topological polar surface area (TPSA) is 111 Å². The first kappa shape index (κ1) is 36.4. The van der Waals surface area contributed by atoms with Crippen LogP contribution in [0.15, 0.2) is 36.5 Å². The second kappa shape index (κ2) is 20.3. The number of hydrogen-bond acceptors (Lipinski definition) is 7. The van der Waals surface area contributed by atoms with Gasteiger partial charge in [-0.25, -0.2) is 0 Å². The number of β-amino-alcohol motifs (C(OH)–C–C–N with tert-alkyl or cyclic N) is 1. The molecule has 2 heterocycles. The van der Waals surface area contributed by atoms with Crippen LogP contribution in [0, 0.1) is 5.92 Å². The van der Waals surface area contributed by atoms with Crippen molar-refractivity contribution in [1.29, 1.82) is 0 Å². The molecule has 0 bridgehead atoms. The van der Waals surface area contributed by atoms with Crippen LogP contribution in [-0.4, -0.2) is 95.0 Å². The minimum absolute atomic E-state index is 0.172. The Bertz CT molecular complexity index is 914. The Morgan fingerprint density at radius 1 is 1.15 bits per heavy atom. The number of aldehydes is 1. The Hall–Kier alpha value is -2.59. The number of aliphatic hydroxyl groups is 2. The molecular weight excluding hydrogens is 494 g/mol. The highest BCUT2D eigenvalue weighted by Gasteiger charge is 2.34. The normalized spacial score (nSPS) is 17.3. The van der Waals surface area contributed by atoms with E-state index in [0.717, 1.165) is 36.2 Å². The fourth-order valence-corrected chi connectivity index (χ4v) is 3.91. The molecule has 0 spiro atoms. The third-order valence-corrected chi connectivity index (χ3v) is 5.98. The number of hydrogen-bond donors (Lipinski definition) is 3. The Morgan fingerprint density at radius 3 is 2.21 bits per heavy atom. The van der Waals surface area contributed by atoms with E-state index in [0.29, 0.717) is 25.3 Å². The van der Waals surface area contributed by atoms with Crippen LogP contribution in [0.5, 0.6) is 0 Å². The van der Waals surface area contributed by atoms with E-state index in [1.165, 1.54) is 0 Å². The first-order valence-corrected chi connectivity index (χ1v) is 14.2. The van der Waals surface area contributed by atoms with E-state index >= 15 is 0 Å². The highest BCUT2D eigenvalue weighted by molar-refractivity contribution is 5.82. The minimum atomic E-state index is -0.486. The molecular formula is C30H53N5O4. The average molecular weight is 548 g/mol. The lowest BCUT2D eigenvalue weighted by Crippen LogP contribution is -2.43. The molecule has 222 valence electrons. The van der Waals surface area contributed by atoms with Crippen LogP contribution in [0.4, 0.5) is 0 Å². The van der Waals surface area contributed by atoms with Crippen LogP contribution in [0.2, 0.25) is 0 Å². The van der Waals surface area contributed by atoms with E-state index in [4.69, 9.17) is 0 Å². The fourth-order valence-electron chi connectivity index (χ4n) is 3.91. The van der Waals surface area contributed by atoms with Gasteiger partial charge in [-0.2, -0.15) is 5.10 Å². The summed E-state index contributed by atoms with van der Waals surface area (Å²) in [6.45, 7) is 14.0. The van der Waals surface area contributed by atoms with Crippen molar-refractivity contribution < 1.29 is 19.8 Å². The van der Waals surface area contributed by atoms with Gasteiger partial charge >= 0.3 is 0 Å². The highest BCUT2D eigenvalue weighted by Crippen LogP contribution is 2.23. The maximum absolute atomic E-state index is 12.6. The zero-order valence-electron chi connectivity index (χ0n) is 25.6. The molecule has 1 aromatic carbocycles. The molecule has 3 N–H and O–H groups in total. The largest absolute Gasteiger partial charge is 0.394 e. The highest BCUT2D eigenvalue weighted by atomic mass is 16.3. The summed E-state index contributed by atoms with van der Waals surface area (Å²) in [5.74, 6) is 0.358. The van der Waals surface area contributed by atoms with Crippen molar-refractivity contribution in [2.45, 2.75) is 79.1 Å². The predicted octanol–water partition coefficient (Wildman–Crippen LogP) is 3.61. The number of benzene rings is 1. The number of aliphatic hydroxyl groups excluding tert-OH is 2. The number of rotatable bonds is 10. The number of nitrogens with zero attached hydrogens (tertiary/aromatic N) is 4. The first-order chi connectivity index (χ1) is 18.7. The van der Waals surface area contributed by atoms with Crippen molar-refractivity contribution >= 4 is 12.2 Å². The molecule has 9 heteroatoms. The van der Waals surface area contributed by atoms with Gasteiger partial charge in [-0.05, 0) is 50.7 Å². The van der Waals surface area contributed by atoms with Crippen molar-refractivity contribution in [2.75, 3.05) is 40.8 Å². The number of carbonyl (C=O) groups is 2. The Balaban J connectivity index is 0.00000126. The standard InChI is InChI=1S/C21H31N5O3.C5H10O.2C2H6/c1-24(2)10-11-26-19(8-9-22-26)16-6-4-15(5-7-16)18(14-27)23-21(29)20-12-17(28)13-25(20)3;1-5(2)3-4-6;2*1-2/h4-9,17-18,20,27-28H,10-14H2,1-3H3,(H,23,29);4-5H,3H2,1-2H3;2*1-2H3. The predicted molar refractivity (Wildman–Crippen MR) is 159 cm³/mol. The average Bonchev–Trinajstić information content (AvgIpc) is 3.54. The van der Waals surface area contributed by atoms with Crippen molar-refractivity contribution in [3.63, 3.8) is 0 Å². The van der Waals surface area contributed by atoms with E-state index in [-0.39, 0.29) is 18.6 Å². The fraction of sp³-hybridized carbons (Fsp3) is 0.633. The Kier molecular flexibility index (Phi) is 19.0. The van der Waals surface area contributed by atoms with Crippen molar-refractivity contribution in [3.8, 4) is 11.3 Å². The quantitative estimate of drug-likeness (QED) is 0.390. The van der Waals surface area contributed by atoms with Crippen LogP contribution >= 0.6 is 0 Å². The smallest absolute Gasteiger partial charge is 0.238 e. The summed E-state index contributed by atoms with van der Waals surface area (Å²) in [4.78, 5) is 26.1. The van der Waals surface area contributed by atoms with Crippen LogP contribution < -0.4 is 5.32 Å². The molecule has 2 aromatic rings. The zero-order chi connectivity index (χ0) is 30.0. The minimum Gasteiger partial charge on any atom is -0.394 e. The molecule has 0 saturated carbocycles. The summed E-state index contributed by atoms with van der Waals surface area (Å²) in [7, 11) is 5.89. The first-order valence-electron chi connectivity index (χ1n) is 14.2. The number of nitrogens with one attached hydrogen (secondary N) is 1. The van der Waals surface area contributed by atoms with Crippen LogP contribution in [-0.2, 0) is 16.1 Å². The number of carbonyl (C=O) groups excluding carboxylic acids is 2. The molecule has 39 heavy (non-hydrogen) atoms. The number of aromatic nitrogens is 2. The van der Waals surface area contributed by atoms with E-state index in [9.17, 15) is 19.8 Å². The third-order valence-electron chi connectivity index (χ3n) is 5.98. The Labute approximate surface area is 236 Å². The van der Waals surface area contributed by atoms with Crippen molar-refractivity contribution in [1.82, 2.24) is 24.9 Å². The molecule has 1 aromatic heterocycles. The van der Waals surface area contributed by atoms with Gasteiger partial charge < -0.3 is 25.2 Å². The number of likely N-dealkylation sites (tertiary alicyclic amines) is 1. The molecule has 1 aliphatic heterocycles. The molecule has 3 atom stereocenters. The lowest BCUT2D eigenvalue weighted by Gasteiger charge is -2.23. The Morgan fingerprint density at radius 2 is 1.77 bits per heavy atom. The van der Waals surface area contributed by atoms with Gasteiger partial charge in [0, 0.05) is 25.7 Å². The van der Waals surface area contributed by atoms with Crippen LogP contribution in [0.25, 0.3) is 11.3 Å². The molecule has 1 aliphatic rings. The van der Waals surface area contributed by atoms with Gasteiger partial charge in [-0.3, -0.25) is 14.4 Å². The van der Waals surface area contributed by atoms with Crippen LogP contribution in [0.1, 0.15) is 66.0 Å². The molecule has 0 radical (unpaired) electrons. The molecule has 3 rings (SSSR count). The van der Waals surface area contributed by atoms with E-state index in [2.05, 4.69) is 15.3 Å². The molecule has 0 aliphatic carbocycles. The molecule has 9 nitrogen and oxygen atoms in total. The van der Waals surface area contributed by atoms with Gasteiger partial charge in [0.25, 0.3) is 0 Å². The summed E-state index contributed by atoms with van der Waals surface area (Å²) in [5.41, 5.74) is 2.90. The van der Waals surface area contributed by atoms with Crippen LogP contribution in [0.3, 0.4) is 0 Å². The van der Waals surface area contributed by atoms with Crippen molar-refractivity contribution in [3.05, 3.63) is 42.1 Å². The SMILES string of the molecule is CC.CC.CC(C)CC=O.CN(C)CCn1nccc1-c1ccc(C(CO)NC(=O)C2CC(O)CN2C)cc1. The van der Waals surface area contributed by atoms with E-state index in [1.807, 2.05) is 103 Å². The summed E-state index contributed by atoms with van der Waals surface area (Å²) < 4.78 is 1.97. The number of amides is 1. The van der Waals surface area contributed by atoms with Gasteiger partial charge in [0.2, 0.25) is 5.91 Å². The summed E-state index contributed by atoms with van der Waals surface area (Å²) in [6, 6.07) is 8.94. The molecule has 1 amide bonds. The maximum atomic E-state index is 12.6. The van der Waals surface area contributed by atoms with Gasteiger partial charge in [-0.1, -0.05) is 65.8 Å². The van der Waals surface area contributed by atoms with Gasteiger partial charge in [0.15, 0.2) is 0 Å². The second-order valence-electron chi connectivity index (χ2n) is 9.75. The second-order valence-corrected chi connectivity index (χ2v) is 9.75. The summed E-state index contributed by atoms with van der Waals surface area (Å²) in [6.07, 6.45) is 3.36. The third kappa shape index (κ3) is 12.9. The zero-order valence-corrected chi connectivity index (χ0v) is 25.6. The van der Waals surface area contributed by atoms with E-state index < -0.39 is 12.1 Å². The molecule has 3 unspecified atom stereocenters. The molecule has 1 saturated heterocycles. The van der Waals surface area contributed by atoms with Crippen molar-refractivity contribution in [2.24, 2.45) is 5.92 Å². The lowest BCUT2D eigenvalue weighted by molar-refractivity contribution is -0.126.